The van der Waals surface area contributed by atoms with Crippen molar-refractivity contribution < 1.29 is 37.4 Å². The number of nitrogens with one attached hydrogen (secondary N) is 4. The molecule has 318 valence electrons. The van der Waals surface area contributed by atoms with Crippen LogP contribution in [0, 0.1) is 11.8 Å². The zero-order valence-corrected chi connectivity index (χ0v) is 36.1. The molecule has 3 aromatic carbocycles. The first kappa shape index (κ1) is 42.3. The minimum atomic E-state index is -3.13. The number of carbonyl (C=O) groups excluding carboxylic acids is 4. The number of aromatic nitrogens is 4. The van der Waals surface area contributed by atoms with Crippen molar-refractivity contribution in [3.63, 3.8) is 0 Å². The number of carbonyl (C=O) groups is 4. The lowest BCUT2D eigenvalue weighted by molar-refractivity contribution is -0.137. The average molecular weight is 843 g/mol. The van der Waals surface area contributed by atoms with Crippen LogP contribution in [0.3, 0.4) is 0 Å². The fraction of sp³-hybridized carbons (Fsp3) is 0.442. The molecule has 0 saturated carbocycles. The number of likely N-dealkylation sites (tertiary alicyclic amines) is 1. The highest BCUT2D eigenvalue weighted by Crippen LogP contribution is 2.42. The molecule has 0 spiro atoms. The van der Waals surface area contributed by atoms with Gasteiger partial charge in [-0.1, -0.05) is 83.3 Å². The molecule has 5 aromatic rings. The second-order valence-electron chi connectivity index (χ2n) is 17.4. The number of methoxy groups -OCH3 is 2. The summed E-state index contributed by atoms with van der Waals surface area (Å²) in [6, 6.07) is 15.8. The monoisotopic (exact) mass is 842 g/mol. The largest absolute Gasteiger partial charge is 0.453 e. The number of hydrogen-bond acceptors (Lipinski definition) is 8. The van der Waals surface area contributed by atoms with Crippen molar-refractivity contribution in [2.75, 3.05) is 26.9 Å². The Balaban J connectivity index is 1.11. The number of nitrogens with zero attached hydrogens (tertiary/aromatic N) is 4. The van der Waals surface area contributed by atoms with E-state index in [1.165, 1.54) is 14.2 Å². The maximum absolute atomic E-state index is 14.8. The number of alkyl carbamates (subject to hydrolysis) is 2. The van der Waals surface area contributed by atoms with E-state index >= 15 is 0 Å². The maximum atomic E-state index is 14.8. The van der Waals surface area contributed by atoms with Crippen LogP contribution in [0.2, 0.25) is 19.1 Å². The molecular weight excluding hydrogens is 791 g/mol. The average Bonchev–Trinajstić information content (AvgIpc) is 4.01. The Morgan fingerprint density at radius 2 is 1.40 bits per heavy atom. The molecule has 0 radical (unpaired) electrons. The van der Waals surface area contributed by atoms with Crippen molar-refractivity contribution in [3.05, 3.63) is 72.4 Å². The third-order valence-corrected chi connectivity index (χ3v) is 14.3. The fourth-order valence-electron chi connectivity index (χ4n) is 8.46. The van der Waals surface area contributed by atoms with Crippen molar-refractivity contribution in [3.8, 4) is 22.4 Å². The Morgan fingerprint density at radius 1 is 0.800 bits per heavy atom. The van der Waals surface area contributed by atoms with Gasteiger partial charge in [0.25, 0.3) is 5.92 Å². The van der Waals surface area contributed by atoms with E-state index in [2.05, 4.69) is 55.5 Å². The number of ether oxygens (including phenoxy) is 2. The van der Waals surface area contributed by atoms with Crippen LogP contribution in [0.25, 0.3) is 44.2 Å². The van der Waals surface area contributed by atoms with Gasteiger partial charge in [-0.2, -0.15) is 0 Å². The molecule has 14 nitrogen and oxygen atoms in total. The first-order chi connectivity index (χ1) is 28.4. The summed E-state index contributed by atoms with van der Waals surface area (Å²) in [5, 5.41) is 7.21. The number of benzene rings is 3. The van der Waals surface area contributed by atoms with Crippen LogP contribution in [-0.4, -0.2) is 107 Å². The van der Waals surface area contributed by atoms with Crippen molar-refractivity contribution in [1.82, 2.24) is 40.4 Å². The van der Waals surface area contributed by atoms with Crippen molar-refractivity contribution in [2.45, 2.75) is 83.3 Å². The molecule has 2 aliphatic heterocycles. The van der Waals surface area contributed by atoms with Gasteiger partial charge in [-0.25, -0.2) is 28.3 Å². The molecular formula is C43H52F2N8O6Si. The highest BCUT2D eigenvalue weighted by molar-refractivity contribution is 6.78. The molecule has 4 amide bonds. The van der Waals surface area contributed by atoms with Gasteiger partial charge >= 0.3 is 12.2 Å². The minimum absolute atomic E-state index is 0.140. The number of amides is 4. The summed E-state index contributed by atoms with van der Waals surface area (Å²) in [7, 11) is 0.654. The van der Waals surface area contributed by atoms with Crippen LogP contribution in [0.4, 0.5) is 18.4 Å². The van der Waals surface area contributed by atoms with Gasteiger partial charge in [0, 0.05) is 18.0 Å². The third-order valence-electron chi connectivity index (χ3n) is 11.6. The second-order valence-corrected chi connectivity index (χ2v) is 22.4. The summed E-state index contributed by atoms with van der Waals surface area (Å²) in [4.78, 5) is 70.8. The molecule has 4 atom stereocenters. The number of fused-ring (bicyclic) bond motifs is 3. The Hall–Kier alpha value is -5.84. The van der Waals surface area contributed by atoms with E-state index in [9.17, 15) is 28.0 Å². The smallest absolute Gasteiger partial charge is 0.407 e. The Bertz CT molecular complexity index is 2430. The number of halogens is 2. The summed E-state index contributed by atoms with van der Waals surface area (Å²) in [5.74, 6) is -3.46. The molecule has 0 bridgehead atoms. The maximum Gasteiger partial charge on any atom is 0.407 e. The molecule has 0 aliphatic carbocycles. The van der Waals surface area contributed by atoms with Crippen LogP contribution < -0.4 is 10.6 Å². The topological polar surface area (TPSA) is 175 Å². The molecule has 4 heterocycles. The molecule has 2 aromatic heterocycles. The minimum Gasteiger partial charge on any atom is -0.453 e. The van der Waals surface area contributed by atoms with E-state index in [0.29, 0.717) is 11.9 Å². The summed E-state index contributed by atoms with van der Waals surface area (Å²) >= 11 is 0. The van der Waals surface area contributed by atoms with Crippen molar-refractivity contribution >= 4 is 53.9 Å². The van der Waals surface area contributed by atoms with Gasteiger partial charge in [-0.3, -0.25) is 9.59 Å². The molecule has 60 heavy (non-hydrogen) atoms. The van der Waals surface area contributed by atoms with E-state index < -0.39 is 63.2 Å². The summed E-state index contributed by atoms with van der Waals surface area (Å²) in [6.45, 7) is 11.0. The molecule has 7 rings (SSSR count). The number of imidazole rings is 2. The molecule has 2 aliphatic rings. The van der Waals surface area contributed by atoms with E-state index in [-0.39, 0.29) is 29.6 Å². The van der Waals surface area contributed by atoms with Gasteiger partial charge in [-0.05, 0) is 52.1 Å². The zero-order valence-electron chi connectivity index (χ0n) is 35.1. The van der Waals surface area contributed by atoms with Crippen molar-refractivity contribution in [2.24, 2.45) is 11.8 Å². The Kier molecular flexibility index (Phi) is 11.5. The van der Waals surface area contributed by atoms with E-state index in [4.69, 9.17) is 9.72 Å². The van der Waals surface area contributed by atoms with Gasteiger partial charge in [0.15, 0.2) is 0 Å². The van der Waals surface area contributed by atoms with Crippen LogP contribution in [0.1, 0.15) is 57.8 Å². The number of H-pyrrole nitrogens is 2. The predicted octanol–water partition coefficient (Wildman–Crippen LogP) is 7.57. The standard InChI is InChI=1S/C43H52F2N8O6Si/c1-23(2)34(50-41(56)58-5)39(54)52-21-43(44,45)18-32(52)37-46-19-31(48-37)26-11-9-25(10-12-26)27-13-15-29-28(17-27)14-16-30-36(29)49-38(47-30)33-20-60(7,8)22-53(33)40(55)35(24(3)4)51-42(57)59-6/h9-17,19,23-24,32-35H,18,20-22H2,1-8H3,(H,46,48)(H,47,49)(H,50,56)(H,51,57)/t32?,33-,34-,35?/m0/s1. The lowest BCUT2D eigenvalue weighted by atomic mass is 9.99. The number of aromatic amines is 2. The quantitative estimate of drug-likeness (QED) is 0.104. The van der Waals surface area contributed by atoms with E-state index in [1.54, 1.807) is 20.0 Å². The van der Waals surface area contributed by atoms with Gasteiger partial charge in [0.2, 0.25) is 11.8 Å². The number of alkyl halides is 2. The molecule has 2 fully saturated rings. The number of rotatable bonds is 10. The lowest BCUT2D eigenvalue weighted by Crippen LogP contribution is -2.52. The first-order valence-corrected chi connectivity index (χ1v) is 23.6. The SMILES string of the molecule is COC(=O)NC(C(=O)N1C[Si](C)(C)C[C@H]1c1nc2ccc3cc(-c4ccc(-c5cnc(C6CC(F)(F)CN6C(=O)[C@@H](NC(=O)OC)C(C)C)[nH]5)cc4)ccc3c2[nH]1)C(C)C. The van der Waals surface area contributed by atoms with Gasteiger partial charge in [0.05, 0.1) is 63.8 Å². The van der Waals surface area contributed by atoms with E-state index in [0.717, 1.165) is 55.3 Å². The summed E-state index contributed by atoms with van der Waals surface area (Å²) in [5.41, 5.74) is 5.02. The van der Waals surface area contributed by atoms with Crippen molar-refractivity contribution in [1.29, 1.82) is 0 Å². The normalized spacial score (nSPS) is 19.5. The van der Waals surface area contributed by atoms with Gasteiger partial charge < -0.3 is 39.9 Å². The van der Waals surface area contributed by atoms with Gasteiger partial charge in [-0.15, -0.1) is 0 Å². The van der Waals surface area contributed by atoms with Crippen LogP contribution >= 0.6 is 0 Å². The predicted molar refractivity (Wildman–Crippen MR) is 226 cm³/mol. The summed E-state index contributed by atoms with van der Waals surface area (Å²) in [6.07, 6.45) is 0.164. The highest BCUT2D eigenvalue weighted by Gasteiger charge is 2.50. The number of hydrogen-bond donors (Lipinski definition) is 4. The molecule has 17 heteroatoms. The summed E-state index contributed by atoms with van der Waals surface area (Å²) < 4.78 is 39.1. The fourth-order valence-corrected chi connectivity index (χ4v) is 11.3. The van der Waals surface area contributed by atoms with Crippen LogP contribution in [-0.2, 0) is 19.1 Å². The first-order valence-electron chi connectivity index (χ1n) is 20.1. The second kappa shape index (κ2) is 16.3. The van der Waals surface area contributed by atoms with E-state index in [1.807, 2.05) is 61.2 Å². The van der Waals surface area contributed by atoms with Crippen LogP contribution in [0.5, 0.6) is 0 Å². The third kappa shape index (κ3) is 8.44. The zero-order chi connectivity index (χ0) is 43.3. The molecule has 4 N–H and O–H groups in total. The Labute approximate surface area is 347 Å². The molecule has 2 unspecified atom stereocenters. The Morgan fingerprint density at radius 3 is 2.02 bits per heavy atom. The highest BCUT2D eigenvalue weighted by atomic mass is 28.3. The molecule has 2 saturated heterocycles. The van der Waals surface area contributed by atoms with Gasteiger partial charge in [0.1, 0.15) is 23.7 Å². The van der Waals surface area contributed by atoms with Crippen LogP contribution in [0.15, 0.2) is 60.8 Å². The lowest BCUT2D eigenvalue weighted by Gasteiger charge is -2.30.